The van der Waals surface area contributed by atoms with E-state index in [0.717, 1.165) is 16.9 Å². The molecule has 0 bridgehead atoms. The Bertz CT molecular complexity index is 528. The van der Waals surface area contributed by atoms with Crippen molar-refractivity contribution in [1.82, 2.24) is 0 Å². The molecule has 0 aliphatic carbocycles. The van der Waals surface area contributed by atoms with Crippen molar-refractivity contribution in [2.45, 2.75) is 13.0 Å². The predicted molar refractivity (Wildman–Crippen MR) is 67.6 cm³/mol. The minimum atomic E-state index is -0.445. The summed E-state index contributed by atoms with van der Waals surface area (Å²) in [5.74, 6) is 0.743. The molecule has 84 valence electrons. The zero-order chi connectivity index (χ0) is 12.1. The van der Waals surface area contributed by atoms with Crippen molar-refractivity contribution in [2.75, 3.05) is 0 Å². The van der Waals surface area contributed by atoms with Crippen LogP contribution in [0.15, 0.2) is 54.6 Å². The molecular formula is C15H13NO. The molecule has 2 aromatic carbocycles. The molecule has 2 aromatic rings. The number of para-hydroxylation sites is 1. The van der Waals surface area contributed by atoms with Gasteiger partial charge < -0.3 is 4.74 Å². The van der Waals surface area contributed by atoms with Gasteiger partial charge in [0.05, 0.1) is 0 Å². The van der Waals surface area contributed by atoms with Gasteiger partial charge in [-0.05, 0) is 18.6 Å². The molecule has 2 rings (SSSR count). The quantitative estimate of drug-likeness (QED) is 0.795. The van der Waals surface area contributed by atoms with E-state index in [1.54, 1.807) is 6.92 Å². The summed E-state index contributed by atoms with van der Waals surface area (Å²) in [5.41, 5.74) is 2.10. The van der Waals surface area contributed by atoms with Crippen molar-refractivity contribution in [2.24, 2.45) is 0 Å². The first-order valence-electron chi connectivity index (χ1n) is 5.52. The second kappa shape index (κ2) is 5.18. The molecule has 0 unspecified atom stereocenters. The van der Waals surface area contributed by atoms with Crippen LogP contribution < -0.4 is 4.74 Å². The molecule has 0 fully saturated rings. The predicted octanol–water partition coefficient (Wildman–Crippen LogP) is 3.64. The number of rotatable bonds is 3. The third kappa shape index (κ3) is 2.64. The second-order valence-electron chi connectivity index (χ2n) is 3.75. The van der Waals surface area contributed by atoms with E-state index in [2.05, 4.69) is 6.07 Å². The molecule has 0 saturated carbocycles. The largest absolute Gasteiger partial charge is 0.475 e. The van der Waals surface area contributed by atoms with Crippen LogP contribution in [0.2, 0.25) is 0 Å². The van der Waals surface area contributed by atoms with Crippen molar-refractivity contribution < 1.29 is 4.74 Å². The van der Waals surface area contributed by atoms with E-state index in [1.165, 1.54) is 0 Å². The van der Waals surface area contributed by atoms with Gasteiger partial charge in [-0.15, -0.1) is 0 Å². The first-order chi connectivity index (χ1) is 8.31. The standard InChI is InChI=1S/C15H13NO/c1-12(11-16)17-15-10-6-5-9-14(15)13-7-3-2-4-8-13/h2-10,12H,1H3/t12-/m1/s1. The van der Waals surface area contributed by atoms with Gasteiger partial charge in [0, 0.05) is 5.56 Å². The molecule has 0 spiro atoms. The first-order valence-corrected chi connectivity index (χ1v) is 5.52. The molecule has 0 N–H and O–H groups in total. The molecule has 0 saturated heterocycles. The van der Waals surface area contributed by atoms with E-state index in [0.29, 0.717) is 0 Å². The summed E-state index contributed by atoms with van der Waals surface area (Å²) in [4.78, 5) is 0. The highest BCUT2D eigenvalue weighted by atomic mass is 16.5. The summed E-state index contributed by atoms with van der Waals surface area (Å²) in [6.45, 7) is 1.74. The molecule has 2 heteroatoms. The lowest BCUT2D eigenvalue weighted by Crippen LogP contribution is -2.08. The van der Waals surface area contributed by atoms with Crippen LogP contribution in [0, 0.1) is 11.3 Å². The van der Waals surface area contributed by atoms with Crippen LogP contribution in [0.1, 0.15) is 6.92 Å². The third-order valence-corrected chi connectivity index (χ3v) is 2.46. The second-order valence-corrected chi connectivity index (χ2v) is 3.75. The van der Waals surface area contributed by atoms with Gasteiger partial charge in [-0.3, -0.25) is 0 Å². The maximum absolute atomic E-state index is 8.78. The molecule has 0 aliphatic heterocycles. The monoisotopic (exact) mass is 223 g/mol. The van der Waals surface area contributed by atoms with Crippen LogP contribution >= 0.6 is 0 Å². The van der Waals surface area contributed by atoms with Gasteiger partial charge in [-0.2, -0.15) is 5.26 Å². The maximum atomic E-state index is 8.78. The van der Waals surface area contributed by atoms with Crippen molar-refractivity contribution in [1.29, 1.82) is 5.26 Å². The van der Waals surface area contributed by atoms with Crippen molar-refractivity contribution in [3.63, 3.8) is 0 Å². The van der Waals surface area contributed by atoms with E-state index in [-0.39, 0.29) is 0 Å². The van der Waals surface area contributed by atoms with E-state index in [1.807, 2.05) is 54.6 Å². The number of nitriles is 1. The summed E-state index contributed by atoms with van der Waals surface area (Å²) >= 11 is 0. The first kappa shape index (κ1) is 11.2. The number of ether oxygens (including phenoxy) is 1. The molecule has 17 heavy (non-hydrogen) atoms. The Balaban J connectivity index is 2.38. The molecule has 0 aromatic heterocycles. The highest BCUT2D eigenvalue weighted by Crippen LogP contribution is 2.29. The van der Waals surface area contributed by atoms with Crippen molar-refractivity contribution in [3.8, 4) is 22.9 Å². The van der Waals surface area contributed by atoms with Gasteiger partial charge in [-0.25, -0.2) is 0 Å². The molecule has 0 aliphatic rings. The van der Waals surface area contributed by atoms with E-state index in [4.69, 9.17) is 10.00 Å². The average Bonchev–Trinajstić information content (AvgIpc) is 2.40. The van der Waals surface area contributed by atoms with Gasteiger partial charge in [0.25, 0.3) is 0 Å². The van der Waals surface area contributed by atoms with Gasteiger partial charge in [0.1, 0.15) is 11.8 Å². The van der Waals surface area contributed by atoms with Crippen molar-refractivity contribution >= 4 is 0 Å². The lowest BCUT2D eigenvalue weighted by Gasteiger charge is -2.12. The van der Waals surface area contributed by atoms with Crippen LogP contribution in [-0.4, -0.2) is 6.10 Å². The molecular weight excluding hydrogens is 210 g/mol. The number of hydrogen-bond donors (Lipinski definition) is 0. The number of nitrogens with zero attached hydrogens (tertiary/aromatic N) is 1. The number of benzene rings is 2. The van der Waals surface area contributed by atoms with Crippen molar-refractivity contribution in [3.05, 3.63) is 54.6 Å². The van der Waals surface area contributed by atoms with Crippen LogP contribution in [0.4, 0.5) is 0 Å². The smallest absolute Gasteiger partial charge is 0.181 e. The molecule has 0 heterocycles. The third-order valence-electron chi connectivity index (χ3n) is 2.46. The fourth-order valence-electron chi connectivity index (χ4n) is 1.64. The van der Waals surface area contributed by atoms with Gasteiger partial charge in [-0.1, -0.05) is 48.5 Å². The minimum Gasteiger partial charge on any atom is -0.475 e. The van der Waals surface area contributed by atoms with Crippen LogP contribution in [0.3, 0.4) is 0 Å². The van der Waals surface area contributed by atoms with E-state index in [9.17, 15) is 0 Å². The molecule has 0 amide bonds. The highest BCUT2D eigenvalue weighted by molar-refractivity contribution is 5.70. The molecule has 1 atom stereocenters. The van der Waals surface area contributed by atoms with Gasteiger partial charge >= 0.3 is 0 Å². The average molecular weight is 223 g/mol. The Labute approximate surface area is 101 Å². The molecule has 2 nitrogen and oxygen atoms in total. The van der Waals surface area contributed by atoms with Crippen LogP contribution in [-0.2, 0) is 0 Å². The summed E-state index contributed by atoms with van der Waals surface area (Å²) < 4.78 is 5.59. The number of hydrogen-bond acceptors (Lipinski definition) is 2. The minimum absolute atomic E-state index is 0.445. The zero-order valence-corrected chi connectivity index (χ0v) is 9.63. The Hall–Kier alpha value is -2.27. The summed E-state index contributed by atoms with van der Waals surface area (Å²) in [7, 11) is 0. The summed E-state index contributed by atoms with van der Waals surface area (Å²) in [5, 5.41) is 8.78. The summed E-state index contributed by atoms with van der Waals surface area (Å²) in [6, 6.07) is 19.8. The Morgan fingerprint density at radius 1 is 1.00 bits per heavy atom. The SMILES string of the molecule is C[C@H](C#N)Oc1ccccc1-c1ccccc1. The maximum Gasteiger partial charge on any atom is 0.181 e. The fourth-order valence-corrected chi connectivity index (χ4v) is 1.64. The van der Waals surface area contributed by atoms with Crippen LogP contribution in [0.5, 0.6) is 5.75 Å². The highest BCUT2D eigenvalue weighted by Gasteiger charge is 2.08. The topological polar surface area (TPSA) is 33.0 Å². The normalized spacial score (nSPS) is 11.5. The Kier molecular flexibility index (Phi) is 3.42. The Morgan fingerprint density at radius 3 is 2.35 bits per heavy atom. The van der Waals surface area contributed by atoms with E-state index >= 15 is 0 Å². The Morgan fingerprint density at radius 2 is 1.65 bits per heavy atom. The van der Waals surface area contributed by atoms with Gasteiger partial charge in [0.15, 0.2) is 6.10 Å². The molecule has 0 radical (unpaired) electrons. The van der Waals surface area contributed by atoms with Gasteiger partial charge in [0.2, 0.25) is 0 Å². The fraction of sp³-hybridized carbons (Fsp3) is 0.133. The lowest BCUT2D eigenvalue weighted by atomic mass is 10.0. The summed E-state index contributed by atoms with van der Waals surface area (Å²) in [6.07, 6.45) is -0.445. The van der Waals surface area contributed by atoms with Crippen LogP contribution in [0.25, 0.3) is 11.1 Å². The zero-order valence-electron chi connectivity index (χ0n) is 9.63. The lowest BCUT2D eigenvalue weighted by molar-refractivity contribution is 0.277. The van der Waals surface area contributed by atoms with E-state index < -0.39 is 6.10 Å².